The van der Waals surface area contributed by atoms with E-state index in [9.17, 15) is 4.39 Å². The van der Waals surface area contributed by atoms with Crippen LogP contribution in [0.25, 0.3) is 10.9 Å². The summed E-state index contributed by atoms with van der Waals surface area (Å²) >= 11 is 0. The predicted molar refractivity (Wildman–Crippen MR) is 80.2 cm³/mol. The fraction of sp³-hybridized carbons (Fsp3) is 0.176. The van der Waals surface area contributed by atoms with Crippen molar-refractivity contribution in [3.63, 3.8) is 0 Å². The Morgan fingerprint density at radius 3 is 2.60 bits per heavy atom. The lowest BCUT2D eigenvalue weighted by molar-refractivity contribution is 0.626. The molecular weight excluding hydrogens is 251 g/mol. The number of benzene rings is 2. The first kappa shape index (κ1) is 12.9. The van der Waals surface area contributed by atoms with Gasteiger partial charge in [0.1, 0.15) is 5.82 Å². The molecule has 2 aromatic carbocycles. The van der Waals surface area contributed by atoms with E-state index in [1.54, 1.807) is 0 Å². The summed E-state index contributed by atoms with van der Waals surface area (Å²) < 4.78 is 15.1. The first-order valence-corrected chi connectivity index (χ1v) is 6.74. The monoisotopic (exact) mass is 268 g/mol. The van der Waals surface area contributed by atoms with Gasteiger partial charge in [0.15, 0.2) is 0 Å². The van der Waals surface area contributed by atoms with Crippen LogP contribution in [0.4, 0.5) is 4.39 Å². The third kappa shape index (κ3) is 2.45. The van der Waals surface area contributed by atoms with Crippen molar-refractivity contribution in [3.8, 4) is 0 Å². The Kier molecular flexibility index (Phi) is 3.52. The fourth-order valence-electron chi connectivity index (χ4n) is 2.56. The lowest BCUT2D eigenvalue weighted by atomic mass is 10.1. The van der Waals surface area contributed by atoms with Crippen LogP contribution in [0.5, 0.6) is 0 Å². The summed E-state index contributed by atoms with van der Waals surface area (Å²) in [6.07, 6.45) is 2.09. The molecule has 0 spiro atoms. The summed E-state index contributed by atoms with van der Waals surface area (Å²) in [6, 6.07) is 15.2. The Morgan fingerprint density at radius 2 is 1.85 bits per heavy atom. The van der Waals surface area contributed by atoms with Gasteiger partial charge in [0.2, 0.25) is 0 Å². The van der Waals surface area contributed by atoms with Gasteiger partial charge in [-0.2, -0.15) is 0 Å². The molecule has 0 unspecified atom stereocenters. The van der Waals surface area contributed by atoms with E-state index in [0.29, 0.717) is 0 Å². The molecule has 0 aliphatic heterocycles. The van der Waals surface area contributed by atoms with Gasteiger partial charge >= 0.3 is 0 Å². The molecule has 102 valence electrons. The largest absolute Gasteiger partial charge is 0.343 e. The molecule has 0 atom stereocenters. The van der Waals surface area contributed by atoms with E-state index < -0.39 is 0 Å². The van der Waals surface area contributed by atoms with E-state index >= 15 is 0 Å². The topological polar surface area (TPSA) is 17.0 Å². The molecule has 0 fully saturated rings. The Labute approximate surface area is 117 Å². The van der Waals surface area contributed by atoms with Gasteiger partial charge in [-0.3, -0.25) is 0 Å². The minimum absolute atomic E-state index is 0.192. The first-order valence-electron chi connectivity index (χ1n) is 6.74. The van der Waals surface area contributed by atoms with Crippen molar-refractivity contribution >= 4 is 10.9 Å². The van der Waals surface area contributed by atoms with Crippen LogP contribution in [0.15, 0.2) is 54.7 Å². The van der Waals surface area contributed by atoms with Gasteiger partial charge in [0.25, 0.3) is 0 Å². The molecule has 1 aromatic heterocycles. The summed E-state index contributed by atoms with van der Waals surface area (Å²) in [5.74, 6) is -0.192. The van der Waals surface area contributed by atoms with Crippen LogP contribution < -0.4 is 5.32 Å². The van der Waals surface area contributed by atoms with Crippen molar-refractivity contribution in [3.05, 3.63) is 71.7 Å². The zero-order chi connectivity index (χ0) is 13.9. The second kappa shape index (κ2) is 5.47. The normalized spacial score (nSPS) is 11.1. The van der Waals surface area contributed by atoms with Crippen LogP contribution in [0, 0.1) is 5.82 Å². The summed E-state index contributed by atoms with van der Waals surface area (Å²) in [5, 5.41) is 4.46. The molecule has 3 aromatic rings. The molecule has 3 heteroatoms. The number of rotatable bonds is 4. The van der Waals surface area contributed by atoms with E-state index in [0.717, 1.165) is 18.7 Å². The van der Waals surface area contributed by atoms with Gasteiger partial charge in [0, 0.05) is 30.2 Å². The Bertz CT molecular complexity index is 713. The van der Waals surface area contributed by atoms with Gasteiger partial charge in [0.05, 0.1) is 0 Å². The van der Waals surface area contributed by atoms with Crippen molar-refractivity contribution in [2.75, 3.05) is 7.05 Å². The van der Waals surface area contributed by atoms with E-state index in [-0.39, 0.29) is 5.82 Å². The second-order valence-corrected chi connectivity index (χ2v) is 4.95. The fourth-order valence-corrected chi connectivity index (χ4v) is 2.56. The van der Waals surface area contributed by atoms with Crippen molar-refractivity contribution in [2.45, 2.75) is 13.1 Å². The van der Waals surface area contributed by atoms with Crippen molar-refractivity contribution in [2.24, 2.45) is 0 Å². The molecule has 0 radical (unpaired) electrons. The van der Waals surface area contributed by atoms with Crippen molar-refractivity contribution in [1.29, 1.82) is 0 Å². The summed E-state index contributed by atoms with van der Waals surface area (Å²) in [7, 11) is 1.95. The average molecular weight is 268 g/mol. The zero-order valence-corrected chi connectivity index (χ0v) is 11.4. The molecule has 1 heterocycles. The number of aromatic nitrogens is 1. The van der Waals surface area contributed by atoms with Gasteiger partial charge < -0.3 is 9.88 Å². The SMILES string of the molecule is CNCc1cccc2c1ccn2Cc1ccc(F)cc1. The number of hydrogen-bond acceptors (Lipinski definition) is 1. The molecule has 0 bridgehead atoms. The van der Waals surface area contributed by atoms with E-state index in [1.165, 1.54) is 28.6 Å². The van der Waals surface area contributed by atoms with Crippen LogP contribution in [-0.4, -0.2) is 11.6 Å². The minimum atomic E-state index is -0.192. The van der Waals surface area contributed by atoms with Gasteiger partial charge in [-0.1, -0.05) is 24.3 Å². The standard InChI is InChI=1S/C17H17FN2/c1-19-11-14-3-2-4-17-16(14)9-10-20(17)12-13-5-7-15(18)8-6-13/h2-10,19H,11-12H2,1H3. The highest BCUT2D eigenvalue weighted by molar-refractivity contribution is 5.83. The molecule has 2 nitrogen and oxygen atoms in total. The number of halogens is 1. The number of nitrogens with zero attached hydrogens (tertiary/aromatic N) is 1. The van der Waals surface area contributed by atoms with Gasteiger partial charge in [-0.15, -0.1) is 0 Å². The maximum absolute atomic E-state index is 12.9. The smallest absolute Gasteiger partial charge is 0.123 e. The molecule has 0 aliphatic carbocycles. The molecule has 0 amide bonds. The highest BCUT2D eigenvalue weighted by Gasteiger charge is 2.05. The third-order valence-corrected chi connectivity index (χ3v) is 3.54. The second-order valence-electron chi connectivity index (χ2n) is 4.95. The lowest BCUT2D eigenvalue weighted by Crippen LogP contribution is -2.05. The maximum Gasteiger partial charge on any atom is 0.123 e. The van der Waals surface area contributed by atoms with E-state index in [2.05, 4.69) is 40.3 Å². The van der Waals surface area contributed by atoms with Crippen LogP contribution in [0.2, 0.25) is 0 Å². The highest BCUT2D eigenvalue weighted by atomic mass is 19.1. The van der Waals surface area contributed by atoms with Crippen molar-refractivity contribution < 1.29 is 4.39 Å². The maximum atomic E-state index is 12.9. The van der Waals surface area contributed by atoms with E-state index in [1.807, 2.05) is 19.2 Å². The zero-order valence-electron chi connectivity index (χ0n) is 11.4. The van der Waals surface area contributed by atoms with Crippen LogP contribution in [0.1, 0.15) is 11.1 Å². The third-order valence-electron chi connectivity index (χ3n) is 3.54. The molecule has 20 heavy (non-hydrogen) atoms. The molecule has 1 N–H and O–H groups in total. The molecule has 0 saturated carbocycles. The average Bonchev–Trinajstić information content (AvgIpc) is 2.86. The Hall–Kier alpha value is -2.13. The lowest BCUT2D eigenvalue weighted by Gasteiger charge is -2.07. The quantitative estimate of drug-likeness (QED) is 0.765. The Morgan fingerprint density at radius 1 is 1.05 bits per heavy atom. The Balaban J connectivity index is 1.96. The summed E-state index contributed by atoms with van der Waals surface area (Å²) in [4.78, 5) is 0. The molecule has 0 saturated heterocycles. The number of hydrogen-bond donors (Lipinski definition) is 1. The van der Waals surface area contributed by atoms with E-state index in [4.69, 9.17) is 0 Å². The predicted octanol–water partition coefficient (Wildman–Crippen LogP) is 3.55. The van der Waals surface area contributed by atoms with Crippen LogP contribution in [0.3, 0.4) is 0 Å². The minimum Gasteiger partial charge on any atom is -0.343 e. The molecule has 0 aliphatic rings. The first-order chi connectivity index (χ1) is 9.78. The summed E-state index contributed by atoms with van der Waals surface area (Å²) in [6.45, 7) is 1.62. The molecule has 3 rings (SSSR count). The summed E-state index contributed by atoms with van der Waals surface area (Å²) in [5.41, 5.74) is 3.60. The van der Waals surface area contributed by atoms with Crippen molar-refractivity contribution in [1.82, 2.24) is 9.88 Å². The van der Waals surface area contributed by atoms with Gasteiger partial charge in [-0.25, -0.2) is 4.39 Å². The molecular formula is C17H17FN2. The van der Waals surface area contributed by atoms with Crippen LogP contribution in [-0.2, 0) is 13.1 Å². The van der Waals surface area contributed by atoms with Gasteiger partial charge in [-0.05, 0) is 42.4 Å². The number of nitrogens with one attached hydrogen (secondary N) is 1. The van der Waals surface area contributed by atoms with Crippen LogP contribution >= 0.6 is 0 Å². The number of fused-ring (bicyclic) bond motifs is 1. The highest BCUT2D eigenvalue weighted by Crippen LogP contribution is 2.21.